The second kappa shape index (κ2) is 7.14. The van der Waals surface area contributed by atoms with Gasteiger partial charge in [-0.3, -0.25) is 4.79 Å². The molecule has 0 spiro atoms. The van der Waals surface area contributed by atoms with Crippen molar-refractivity contribution >= 4 is 23.3 Å². The lowest BCUT2D eigenvalue weighted by atomic mass is 10.0. The molecule has 2 heterocycles. The third-order valence-electron chi connectivity index (χ3n) is 4.35. The summed E-state index contributed by atoms with van der Waals surface area (Å²) in [5.74, 6) is 1.28. The van der Waals surface area contributed by atoms with Crippen molar-refractivity contribution in [3.8, 4) is 11.4 Å². The predicted octanol–water partition coefficient (Wildman–Crippen LogP) is 3.47. The predicted molar refractivity (Wildman–Crippen MR) is 102 cm³/mol. The molecule has 1 unspecified atom stereocenters. The molecule has 4 rings (SSSR count). The highest BCUT2D eigenvalue weighted by Crippen LogP contribution is 2.29. The zero-order valence-corrected chi connectivity index (χ0v) is 14.7. The van der Waals surface area contributed by atoms with Crippen LogP contribution in [0.4, 0.5) is 5.82 Å². The van der Waals surface area contributed by atoms with Crippen molar-refractivity contribution in [2.45, 2.75) is 6.04 Å². The van der Waals surface area contributed by atoms with Gasteiger partial charge >= 0.3 is 0 Å². The molecule has 1 fully saturated rings. The Balaban J connectivity index is 1.73. The van der Waals surface area contributed by atoms with Gasteiger partial charge in [-0.05, 0) is 23.8 Å². The molecule has 1 N–H and O–H groups in total. The van der Waals surface area contributed by atoms with E-state index in [1.54, 1.807) is 6.20 Å². The Hall–Kier alpha value is -2.92. The summed E-state index contributed by atoms with van der Waals surface area (Å²) in [6, 6.07) is 18.6. The Morgan fingerprint density at radius 2 is 1.92 bits per heavy atom. The van der Waals surface area contributed by atoms with Crippen LogP contribution in [0, 0.1) is 0 Å². The zero-order valence-electron chi connectivity index (χ0n) is 14.0. The van der Waals surface area contributed by atoms with Gasteiger partial charge in [-0.2, -0.15) is 0 Å². The van der Waals surface area contributed by atoms with Crippen LogP contribution in [-0.4, -0.2) is 29.0 Å². The van der Waals surface area contributed by atoms with E-state index in [-0.39, 0.29) is 5.91 Å². The number of nitrogens with one attached hydrogen (secondary N) is 1. The number of nitrogens with zero attached hydrogens (tertiary/aromatic N) is 3. The van der Waals surface area contributed by atoms with Gasteiger partial charge < -0.3 is 10.2 Å². The van der Waals surface area contributed by atoms with E-state index < -0.39 is 6.04 Å². The number of anilines is 1. The molecule has 6 heteroatoms. The minimum absolute atomic E-state index is 0.0228. The summed E-state index contributed by atoms with van der Waals surface area (Å²) in [5, 5.41) is 3.58. The lowest BCUT2D eigenvalue weighted by Gasteiger charge is -2.36. The van der Waals surface area contributed by atoms with Crippen molar-refractivity contribution in [1.82, 2.24) is 15.3 Å². The van der Waals surface area contributed by atoms with Crippen LogP contribution in [0.3, 0.4) is 0 Å². The van der Waals surface area contributed by atoms with Gasteiger partial charge in [-0.25, -0.2) is 9.97 Å². The van der Waals surface area contributed by atoms with Crippen molar-refractivity contribution in [3.63, 3.8) is 0 Å². The monoisotopic (exact) mass is 364 g/mol. The molecule has 0 bridgehead atoms. The number of carbonyl (C=O) groups excluding carboxylic acids is 1. The molecule has 2 aromatic carbocycles. The number of amides is 1. The van der Waals surface area contributed by atoms with Gasteiger partial charge in [0.05, 0.1) is 0 Å². The Labute approximate surface area is 156 Å². The molecule has 3 aromatic rings. The second-order valence-corrected chi connectivity index (χ2v) is 6.48. The van der Waals surface area contributed by atoms with Gasteiger partial charge in [0.1, 0.15) is 11.9 Å². The first-order chi connectivity index (χ1) is 12.7. The fourth-order valence-electron chi connectivity index (χ4n) is 3.16. The first-order valence-corrected chi connectivity index (χ1v) is 8.78. The van der Waals surface area contributed by atoms with Gasteiger partial charge in [-0.15, -0.1) is 0 Å². The highest BCUT2D eigenvalue weighted by Gasteiger charge is 2.32. The van der Waals surface area contributed by atoms with Gasteiger partial charge in [0, 0.05) is 29.9 Å². The normalized spacial score (nSPS) is 17.0. The third kappa shape index (κ3) is 3.26. The third-order valence-corrected chi connectivity index (χ3v) is 4.58. The number of rotatable bonds is 3. The highest BCUT2D eigenvalue weighted by molar-refractivity contribution is 6.30. The zero-order chi connectivity index (χ0) is 17.9. The molecule has 1 aliphatic heterocycles. The summed E-state index contributed by atoms with van der Waals surface area (Å²) >= 11 is 6.09. The standard InChI is InChI=1S/C20H17ClN4O/c21-16-8-4-7-15(13-16)19-22-10-9-17(24-19)25-12-11-23-20(26)18(25)14-5-2-1-3-6-14/h1-10,13,18H,11-12H2,(H,23,26). The first kappa shape index (κ1) is 16.5. The van der Waals surface area contributed by atoms with E-state index >= 15 is 0 Å². The van der Waals surface area contributed by atoms with E-state index in [0.29, 0.717) is 23.9 Å². The summed E-state index contributed by atoms with van der Waals surface area (Å²) in [7, 11) is 0. The van der Waals surface area contributed by atoms with E-state index in [9.17, 15) is 4.79 Å². The van der Waals surface area contributed by atoms with Crippen LogP contribution in [0.2, 0.25) is 5.02 Å². The molecule has 0 aliphatic carbocycles. The van der Waals surface area contributed by atoms with Crippen molar-refractivity contribution in [3.05, 3.63) is 77.4 Å². The van der Waals surface area contributed by atoms with Crippen LogP contribution in [0.1, 0.15) is 11.6 Å². The maximum Gasteiger partial charge on any atom is 0.247 e. The molecule has 26 heavy (non-hydrogen) atoms. The number of benzene rings is 2. The molecule has 0 radical (unpaired) electrons. The van der Waals surface area contributed by atoms with Crippen molar-refractivity contribution in [1.29, 1.82) is 0 Å². The van der Waals surface area contributed by atoms with Crippen LogP contribution in [0.5, 0.6) is 0 Å². The number of piperazine rings is 1. The summed E-state index contributed by atoms with van der Waals surface area (Å²) in [6.45, 7) is 1.26. The van der Waals surface area contributed by atoms with Crippen LogP contribution in [0.15, 0.2) is 66.9 Å². The SMILES string of the molecule is O=C1NCCN(c2ccnc(-c3cccc(Cl)c3)n2)C1c1ccccc1. The van der Waals surface area contributed by atoms with E-state index in [2.05, 4.69) is 10.3 Å². The van der Waals surface area contributed by atoms with Gasteiger partial charge in [0.15, 0.2) is 5.82 Å². The Bertz CT molecular complexity index is 932. The molecule has 1 amide bonds. The molecular weight excluding hydrogens is 348 g/mol. The number of hydrogen-bond donors (Lipinski definition) is 1. The largest absolute Gasteiger partial charge is 0.352 e. The fourth-order valence-corrected chi connectivity index (χ4v) is 3.35. The van der Waals surface area contributed by atoms with Crippen LogP contribution in [0.25, 0.3) is 11.4 Å². The lowest BCUT2D eigenvalue weighted by Crippen LogP contribution is -2.50. The van der Waals surface area contributed by atoms with E-state index in [1.165, 1.54) is 0 Å². The van der Waals surface area contributed by atoms with Crippen molar-refractivity contribution in [2.75, 3.05) is 18.0 Å². The summed E-state index contributed by atoms with van der Waals surface area (Å²) < 4.78 is 0. The lowest BCUT2D eigenvalue weighted by molar-refractivity contribution is -0.123. The molecule has 130 valence electrons. The Morgan fingerprint density at radius 1 is 1.08 bits per heavy atom. The summed E-state index contributed by atoms with van der Waals surface area (Å²) in [4.78, 5) is 23.6. The number of hydrogen-bond acceptors (Lipinski definition) is 4. The maximum absolute atomic E-state index is 12.6. The minimum atomic E-state index is -0.410. The van der Waals surface area contributed by atoms with Gasteiger partial charge in [0.25, 0.3) is 0 Å². The van der Waals surface area contributed by atoms with Crippen LogP contribution < -0.4 is 10.2 Å². The smallest absolute Gasteiger partial charge is 0.247 e. The molecule has 1 aliphatic rings. The summed E-state index contributed by atoms with van der Waals surface area (Å²) in [5.41, 5.74) is 1.78. The van der Waals surface area contributed by atoms with E-state index in [0.717, 1.165) is 16.9 Å². The topological polar surface area (TPSA) is 58.1 Å². The van der Waals surface area contributed by atoms with Crippen LogP contribution >= 0.6 is 11.6 Å². The van der Waals surface area contributed by atoms with E-state index in [4.69, 9.17) is 16.6 Å². The van der Waals surface area contributed by atoms with Crippen LogP contribution in [-0.2, 0) is 4.79 Å². The highest BCUT2D eigenvalue weighted by atomic mass is 35.5. The molecule has 5 nitrogen and oxygen atoms in total. The average Bonchev–Trinajstić information content (AvgIpc) is 2.68. The molecule has 1 saturated heterocycles. The van der Waals surface area contributed by atoms with E-state index in [1.807, 2.05) is 65.6 Å². The number of halogens is 1. The maximum atomic E-state index is 12.6. The Kier molecular flexibility index (Phi) is 4.54. The minimum Gasteiger partial charge on any atom is -0.352 e. The molecular formula is C20H17ClN4O. The number of aromatic nitrogens is 2. The molecule has 0 saturated carbocycles. The Morgan fingerprint density at radius 3 is 2.73 bits per heavy atom. The number of carbonyl (C=O) groups is 1. The molecule has 1 aromatic heterocycles. The van der Waals surface area contributed by atoms with Gasteiger partial charge in [0.2, 0.25) is 5.91 Å². The fraction of sp³-hybridized carbons (Fsp3) is 0.150. The first-order valence-electron chi connectivity index (χ1n) is 8.41. The van der Waals surface area contributed by atoms with Crippen molar-refractivity contribution < 1.29 is 4.79 Å². The summed E-state index contributed by atoms with van der Waals surface area (Å²) in [6.07, 6.45) is 1.72. The van der Waals surface area contributed by atoms with Gasteiger partial charge in [-0.1, -0.05) is 54.1 Å². The average molecular weight is 365 g/mol. The molecule has 1 atom stereocenters. The van der Waals surface area contributed by atoms with Crippen molar-refractivity contribution in [2.24, 2.45) is 0 Å². The quantitative estimate of drug-likeness (QED) is 0.773. The second-order valence-electron chi connectivity index (χ2n) is 6.05.